The van der Waals surface area contributed by atoms with Crippen molar-refractivity contribution in [2.75, 3.05) is 6.61 Å². The smallest absolute Gasteiger partial charge is 0.204 e. The monoisotopic (exact) mass is 530 g/mol. The van der Waals surface area contributed by atoms with E-state index in [1.807, 2.05) is 6.92 Å². The van der Waals surface area contributed by atoms with E-state index in [2.05, 4.69) is 0 Å². The van der Waals surface area contributed by atoms with Crippen molar-refractivity contribution < 1.29 is 32.1 Å². The number of hydrogen-bond donors (Lipinski definition) is 1. The Kier molecular flexibility index (Phi) is 9.31. The van der Waals surface area contributed by atoms with Gasteiger partial charge in [0, 0.05) is 5.56 Å². The fourth-order valence-corrected chi connectivity index (χ4v) is 5.28. The summed E-state index contributed by atoms with van der Waals surface area (Å²) in [6.07, 6.45) is 4.46. The van der Waals surface area contributed by atoms with Crippen LogP contribution in [0, 0.1) is 29.2 Å². The second-order valence-corrected chi connectivity index (χ2v) is 9.91. The first kappa shape index (κ1) is 28.0. The topological polar surface area (TPSA) is 38.7 Å². The summed E-state index contributed by atoms with van der Waals surface area (Å²) >= 11 is 0. The van der Waals surface area contributed by atoms with Crippen LogP contribution in [0.2, 0.25) is 0 Å². The van der Waals surface area contributed by atoms with E-state index in [1.165, 1.54) is 12.1 Å². The standard InChI is InChI=1S/C31H34F4O3/c1-3-5-25(36)22-12-10-21(11-13-22)24-15-14-23(28(32)29(24)33)20-8-6-19(7-9-20)18-38-27-17-16-26(37-4-2)30(34)31(27)35/h6-9,14-17,21-22,25,36H,3-5,10-13,18H2,1-2H3. The molecule has 38 heavy (non-hydrogen) atoms. The van der Waals surface area contributed by atoms with Gasteiger partial charge in [0.15, 0.2) is 23.1 Å². The largest absolute Gasteiger partial charge is 0.491 e. The molecule has 1 aliphatic rings. The molecule has 1 saturated carbocycles. The van der Waals surface area contributed by atoms with E-state index < -0.39 is 23.3 Å². The van der Waals surface area contributed by atoms with E-state index in [0.29, 0.717) is 16.7 Å². The molecular formula is C31H34F4O3. The first-order valence-electron chi connectivity index (χ1n) is 13.3. The van der Waals surface area contributed by atoms with Crippen molar-refractivity contribution in [2.45, 2.75) is 71.0 Å². The minimum absolute atomic E-state index is 0.0317. The SMILES string of the molecule is CCCC(O)C1CCC(c2ccc(-c3ccc(COc4ccc(OCC)c(F)c4F)cc3)c(F)c2F)CC1. The highest BCUT2D eigenvalue weighted by molar-refractivity contribution is 5.65. The molecule has 0 amide bonds. The number of aliphatic hydroxyl groups is 1. The first-order chi connectivity index (χ1) is 18.3. The molecule has 1 fully saturated rings. The molecule has 3 aromatic rings. The average Bonchev–Trinajstić information content (AvgIpc) is 2.93. The van der Waals surface area contributed by atoms with Crippen molar-refractivity contribution in [3.63, 3.8) is 0 Å². The van der Waals surface area contributed by atoms with Gasteiger partial charge >= 0.3 is 0 Å². The summed E-state index contributed by atoms with van der Waals surface area (Å²) in [5.74, 6) is -4.19. The average molecular weight is 531 g/mol. The zero-order valence-electron chi connectivity index (χ0n) is 21.8. The van der Waals surface area contributed by atoms with Crippen LogP contribution in [0.15, 0.2) is 48.5 Å². The normalized spacial score (nSPS) is 18.3. The number of hydrogen-bond acceptors (Lipinski definition) is 3. The van der Waals surface area contributed by atoms with Crippen molar-refractivity contribution >= 4 is 0 Å². The Bertz CT molecular complexity index is 1220. The van der Waals surface area contributed by atoms with E-state index in [9.17, 15) is 13.9 Å². The highest BCUT2D eigenvalue weighted by atomic mass is 19.2. The molecular weight excluding hydrogens is 496 g/mol. The Morgan fingerprint density at radius 3 is 2.00 bits per heavy atom. The zero-order valence-corrected chi connectivity index (χ0v) is 21.8. The second kappa shape index (κ2) is 12.7. The molecule has 7 heteroatoms. The number of rotatable bonds is 10. The quantitative estimate of drug-likeness (QED) is 0.268. The maximum atomic E-state index is 15.1. The summed E-state index contributed by atoms with van der Waals surface area (Å²) in [5.41, 5.74) is 1.71. The van der Waals surface area contributed by atoms with Gasteiger partial charge in [0.2, 0.25) is 11.6 Å². The lowest BCUT2D eigenvalue weighted by Crippen LogP contribution is -2.25. The van der Waals surface area contributed by atoms with Gasteiger partial charge in [-0.2, -0.15) is 8.78 Å². The van der Waals surface area contributed by atoms with Gasteiger partial charge < -0.3 is 14.6 Å². The van der Waals surface area contributed by atoms with Crippen LogP contribution in [0.3, 0.4) is 0 Å². The summed E-state index contributed by atoms with van der Waals surface area (Å²) in [4.78, 5) is 0. The van der Waals surface area contributed by atoms with Crippen LogP contribution in [-0.2, 0) is 6.61 Å². The van der Waals surface area contributed by atoms with Gasteiger partial charge in [-0.15, -0.1) is 0 Å². The Labute approximate surface area is 221 Å². The van der Waals surface area contributed by atoms with Crippen molar-refractivity contribution in [3.05, 3.63) is 82.9 Å². The van der Waals surface area contributed by atoms with Crippen LogP contribution in [0.5, 0.6) is 11.5 Å². The predicted molar refractivity (Wildman–Crippen MR) is 139 cm³/mol. The van der Waals surface area contributed by atoms with Gasteiger partial charge in [-0.1, -0.05) is 49.7 Å². The third kappa shape index (κ3) is 6.15. The number of benzene rings is 3. The third-order valence-electron chi connectivity index (χ3n) is 7.42. The van der Waals surface area contributed by atoms with Crippen LogP contribution in [-0.4, -0.2) is 17.8 Å². The van der Waals surface area contributed by atoms with Gasteiger partial charge in [-0.25, -0.2) is 8.78 Å². The Morgan fingerprint density at radius 2 is 1.39 bits per heavy atom. The molecule has 0 bridgehead atoms. The lowest BCUT2D eigenvalue weighted by Gasteiger charge is -2.32. The van der Waals surface area contributed by atoms with E-state index in [1.54, 1.807) is 43.3 Å². The van der Waals surface area contributed by atoms with E-state index in [-0.39, 0.29) is 48.2 Å². The molecule has 0 heterocycles. The molecule has 1 aliphatic carbocycles. The molecule has 4 rings (SSSR count). The van der Waals surface area contributed by atoms with Crippen molar-refractivity contribution in [1.82, 2.24) is 0 Å². The highest BCUT2D eigenvalue weighted by Crippen LogP contribution is 2.40. The highest BCUT2D eigenvalue weighted by Gasteiger charge is 2.29. The van der Waals surface area contributed by atoms with Crippen LogP contribution >= 0.6 is 0 Å². The van der Waals surface area contributed by atoms with Crippen molar-refractivity contribution in [2.24, 2.45) is 5.92 Å². The molecule has 204 valence electrons. The lowest BCUT2D eigenvalue weighted by atomic mass is 9.75. The van der Waals surface area contributed by atoms with Gasteiger partial charge in [0.1, 0.15) is 6.61 Å². The predicted octanol–water partition coefficient (Wildman–Crippen LogP) is 8.32. The lowest BCUT2D eigenvalue weighted by molar-refractivity contribution is 0.0727. The third-order valence-corrected chi connectivity index (χ3v) is 7.42. The molecule has 1 N–H and O–H groups in total. The summed E-state index contributed by atoms with van der Waals surface area (Å²) in [5, 5.41) is 10.3. The first-order valence-corrected chi connectivity index (χ1v) is 13.3. The molecule has 0 aliphatic heterocycles. The Hall–Kier alpha value is -3.06. The zero-order chi connectivity index (χ0) is 27.2. The van der Waals surface area contributed by atoms with E-state index in [4.69, 9.17) is 9.47 Å². The molecule has 0 saturated heterocycles. The van der Waals surface area contributed by atoms with Crippen molar-refractivity contribution in [3.8, 4) is 22.6 Å². The van der Waals surface area contributed by atoms with Crippen LogP contribution in [0.25, 0.3) is 11.1 Å². The van der Waals surface area contributed by atoms with E-state index >= 15 is 8.78 Å². The maximum Gasteiger partial charge on any atom is 0.204 e. The van der Waals surface area contributed by atoms with Crippen LogP contribution in [0.4, 0.5) is 17.6 Å². The molecule has 1 unspecified atom stereocenters. The van der Waals surface area contributed by atoms with Crippen molar-refractivity contribution in [1.29, 1.82) is 0 Å². The summed E-state index contributed by atoms with van der Waals surface area (Å²) in [6, 6.07) is 12.5. The molecule has 0 spiro atoms. The fraction of sp³-hybridized carbons (Fsp3) is 0.419. The van der Waals surface area contributed by atoms with E-state index in [0.717, 1.165) is 38.5 Å². The Balaban J connectivity index is 1.41. The molecule has 0 radical (unpaired) electrons. The van der Waals surface area contributed by atoms with Gasteiger partial charge in [0.05, 0.1) is 12.7 Å². The Morgan fingerprint density at radius 1 is 0.763 bits per heavy atom. The summed E-state index contributed by atoms with van der Waals surface area (Å²) in [6.45, 7) is 3.90. The number of ether oxygens (including phenoxy) is 2. The maximum absolute atomic E-state index is 15.1. The fourth-order valence-electron chi connectivity index (χ4n) is 5.28. The van der Waals surface area contributed by atoms with Crippen LogP contribution < -0.4 is 9.47 Å². The molecule has 3 nitrogen and oxygen atoms in total. The summed E-state index contributed by atoms with van der Waals surface area (Å²) in [7, 11) is 0. The molecule has 1 atom stereocenters. The minimum atomic E-state index is -1.13. The second-order valence-electron chi connectivity index (χ2n) is 9.91. The van der Waals surface area contributed by atoms with Crippen LogP contribution in [0.1, 0.15) is 69.4 Å². The van der Waals surface area contributed by atoms with Gasteiger partial charge in [-0.3, -0.25) is 0 Å². The molecule has 0 aromatic heterocycles. The van der Waals surface area contributed by atoms with Gasteiger partial charge in [0.25, 0.3) is 0 Å². The number of halogens is 4. The minimum Gasteiger partial charge on any atom is -0.491 e. The van der Waals surface area contributed by atoms with Gasteiger partial charge in [-0.05, 0) is 79.7 Å². The summed E-state index contributed by atoms with van der Waals surface area (Å²) < 4.78 is 69.0. The molecule has 3 aromatic carbocycles. The number of aliphatic hydroxyl groups excluding tert-OH is 1.